The van der Waals surface area contributed by atoms with Crippen LogP contribution in [0.2, 0.25) is 0 Å². The molecule has 3 aromatic rings. The van der Waals surface area contributed by atoms with Crippen LogP contribution < -0.4 is 20.1 Å². The first-order chi connectivity index (χ1) is 18.7. The van der Waals surface area contributed by atoms with E-state index in [4.69, 9.17) is 18.9 Å². The summed E-state index contributed by atoms with van der Waals surface area (Å²) in [6, 6.07) is 22.3. The molecular formula is C28H30N2O6S2. The first-order valence-corrected chi connectivity index (χ1v) is 14.2. The van der Waals surface area contributed by atoms with Crippen LogP contribution in [0.15, 0.2) is 82.6 Å². The molecule has 0 aliphatic carbocycles. The van der Waals surface area contributed by atoms with E-state index in [0.29, 0.717) is 62.5 Å². The maximum Gasteiger partial charge on any atom is 0.234 e. The Balaban J connectivity index is 1.44. The summed E-state index contributed by atoms with van der Waals surface area (Å²) in [6.45, 7) is 2.51. The topological polar surface area (TPSA) is 95.1 Å². The van der Waals surface area contributed by atoms with E-state index in [1.165, 1.54) is 23.5 Å². The Kier molecular flexibility index (Phi) is 11.2. The highest BCUT2D eigenvalue weighted by Gasteiger charge is 2.13. The van der Waals surface area contributed by atoms with E-state index >= 15 is 0 Å². The largest absolute Gasteiger partial charge is 0.490 e. The average molecular weight is 555 g/mol. The van der Waals surface area contributed by atoms with Gasteiger partial charge in [0.1, 0.15) is 24.7 Å². The Labute approximate surface area is 230 Å². The SMILES string of the molecule is O=C1CSc2ccccc2OCCOCCOCCOc2ccccc2SCC(=O)Nc2ccccc2N1. The Morgan fingerprint density at radius 2 is 0.921 bits per heavy atom. The molecule has 0 saturated carbocycles. The van der Waals surface area contributed by atoms with Crippen LogP contribution in [0.5, 0.6) is 11.5 Å². The van der Waals surface area contributed by atoms with Crippen molar-refractivity contribution in [1.29, 1.82) is 0 Å². The molecule has 3 aromatic carbocycles. The second kappa shape index (κ2) is 15.3. The van der Waals surface area contributed by atoms with Crippen LogP contribution in [0.25, 0.3) is 0 Å². The van der Waals surface area contributed by atoms with Crippen LogP contribution in [0, 0.1) is 0 Å². The minimum absolute atomic E-state index is 0.184. The van der Waals surface area contributed by atoms with E-state index in [1.54, 1.807) is 12.1 Å². The maximum absolute atomic E-state index is 12.7. The van der Waals surface area contributed by atoms with Gasteiger partial charge in [0.05, 0.1) is 49.3 Å². The Morgan fingerprint density at radius 1 is 0.526 bits per heavy atom. The smallest absolute Gasteiger partial charge is 0.234 e. The average Bonchev–Trinajstić information content (AvgIpc) is 2.93. The number of hydrogen-bond donors (Lipinski definition) is 2. The number of thioether (sulfide) groups is 2. The van der Waals surface area contributed by atoms with E-state index in [0.717, 1.165) is 9.79 Å². The van der Waals surface area contributed by atoms with Crippen LogP contribution in [0.4, 0.5) is 11.4 Å². The Bertz CT molecular complexity index is 1120. The fourth-order valence-corrected chi connectivity index (χ4v) is 5.09. The summed E-state index contributed by atoms with van der Waals surface area (Å²) < 4.78 is 23.0. The van der Waals surface area contributed by atoms with Crippen molar-refractivity contribution < 1.29 is 28.5 Å². The zero-order valence-corrected chi connectivity index (χ0v) is 22.5. The van der Waals surface area contributed by atoms with Gasteiger partial charge in [0.2, 0.25) is 11.8 Å². The van der Waals surface area contributed by atoms with Crippen molar-refractivity contribution in [3.63, 3.8) is 0 Å². The maximum atomic E-state index is 12.7. The van der Waals surface area contributed by atoms with Gasteiger partial charge in [0.15, 0.2) is 0 Å². The molecule has 8 nitrogen and oxygen atoms in total. The normalized spacial score (nSPS) is 16.6. The number of benzene rings is 3. The molecule has 0 fully saturated rings. The van der Waals surface area contributed by atoms with Gasteiger partial charge in [-0.3, -0.25) is 9.59 Å². The Hall–Kier alpha value is -3.18. The number of para-hydroxylation sites is 4. The second-order valence-corrected chi connectivity index (χ2v) is 10.1. The number of carbonyl (C=O) groups is 2. The second-order valence-electron chi connectivity index (χ2n) is 8.03. The van der Waals surface area contributed by atoms with Gasteiger partial charge >= 0.3 is 0 Å². The molecule has 0 atom stereocenters. The first kappa shape index (κ1) is 27.8. The quantitative estimate of drug-likeness (QED) is 0.403. The summed E-state index contributed by atoms with van der Waals surface area (Å²) in [7, 11) is 0. The molecular weight excluding hydrogens is 524 g/mol. The molecule has 0 radical (unpaired) electrons. The summed E-state index contributed by atoms with van der Waals surface area (Å²) in [5, 5.41) is 5.81. The molecule has 200 valence electrons. The van der Waals surface area contributed by atoms with Gasteiger partial charge in [0, 0.05) is 9.79 Å². The first-order valence-electron chi connectivity index (χ1n) is 12.2. The third-order valence-corrected chi connectivity index (χ3v) is 7.34. The van der Waals surface area contributed by atoms with Gasteiger partial charge in [0.25, 0.3) is 0 Å². The lowest BCUT2D eigenvalue weighted by molar-refractivity contribution is -0.114. The van der Waals surface area contributed by atoms with Crippen LogP contribution in [-0.2, 0) is 19.1 Å². The lowest BCUT2D eigenvalue weighted by Crippen LogP contribution is -2.19. The number of rotatable bonds is 0. The molecule has 0 saturated heterocycles. The van der Waals surface area contributed by atoms with Crippen molar-refractivity contribution in [3.05, 3.63) is 72.8 Å². The Morgan fingerprint density at radius 3 is 1.39 bits per heavy atom. The summed E-state index contributed by atoms with van der Waals surface area (Å²) in [5.74, 6) is 1.38. The minimum Gasteiger partial charge on any atom is -0.490 e. The van der Waals surface area contributed by atoms with E-state index in [-0.39, 0.29) is 23.3 Å². The van der Waals surface area contributed by atoms with Crippen molar-refractivity contribution in [3.8, 4) is 11.5 Å². The zero-order valence-electron chi connectivity index (χ0n) is 20.9. The predicted molar refractivity (Wildman–Crippen MR) is 151 cm³/mol. The number of nitrogens with one attached hydrogen (secondary N) is 2. The molecule has 1 aliphatic rings. The lowest BCUT2D eigenvalue weighted by atomic mass is 10.2. The highest BCUT2D eigenvalue weighted by Crippen LogP contribution is 2.31. The number of amides is 2. The summed E-state index contributed by atoms with van der Waals surface area (Å²) in [6.07, 6.45) is 0. The van der Waals surface area contributed by atoms with Crippen LogP contribution in [0.1, 0.15) is 0 Å². The number of hydrogen-bond acceptors (Lipinski definition) is 8. The van der Waals surface area contributed by atoms with E-state index in [2.05, 4.69) is 10.6 Å². The van der Waals surface area contributed by atoms with Crippen molar-refractivity contribution in [2.24, 2.45) is 0 Å². The molecule has 0 spiro atoms. The van der Waals surface area contributed by atoms with Crippen LogP contribution >= 0.6 is 23.5 Å². The van der Waals surface area contributed by atoms with Gasteiger partial charge in [-0.2, -0.15) is 0 Å². The molecule has 10 heteroatoms. The van der Waals surface area contributed by atoms with E-state index in [9.17, 15) is 9.59 Å². The molecule has 2 N–H and O–H groups in total. The third-order valence-electron chi connectivity index (χ3n) is 5.23. The van der Waals surface area contributed by atoms with E-state index in [1.807, 2.05) is 60.7 Å². The number of fused-ring (bicyclic) bond motifs is 3. The van der Waals surface area contributed by atoms with Gasteiger partial charge in [-0.1, -0.05) is 36.4 Å². The van der Waals surface area contributed by atoms with Crippen molar-refractivity contribution in [1.82, 2.24) is 0 Å². The number of anilines is 2. The zero-order chi connectivity index (χ0) is 26.4. The van der Waals surface area contributed by atoms with Crippen LogP contribution in [-0.4, -0.2) is 63.0 Å². The third kappa shape index (κ3) is 8.98. The van der Waals surface area contributed by atoms with Gasteiger partial charge in [-0.05, 0) is 36.4 Å². The number of ether oxygens (including phenoxy) is 4. The monoisotopic (exact) mass is 554 g/mol. The molecule has 4 rings (SSSR count). The highest BCUT2D eigenvalue weighted by atomic mass is 32.2. The standard InChI is InChI=1S/C28H30N2O6S2/c31-27-19-37-25-11-5-3-9-23(25)35-17-15-33-13-14-34-16-18-36-24-10-4-6-12-26(24)38-20-28(32)30-22-8-2-1-7-21(22)29-27/h1-12H,13-20H2,(H,29,31)(H,30,32). The van der Waals surface area contributed by atoms with Gasteiger partial charge in [-0.25, -0.2) is 0 Å². The summed E-state index contributed by atoms with van der Waals surface area (Å²) in [5.41, 5.74) is 1.08. The molecule has 1 heterocycles. The van der Waals surface area contributed by atoms with Crippen molar-refractivity contribution in [2.75, 3.05) is 61.8 Å². The van der Waals surface area contributed by atoms with Gasteiger partial charge < -0.3 is 29.6 Å². The lowest BCUT2D eigenvalue weighted by Gasteiger charge is -2.14. The molecule has 2 amide bonds. The predicted octanol–water partition coefficient (Wildman–Crippen LogP) is 4.95. The molecule has 38 heavy (non-hydrogen) atoms. The minimum atomic E-state index is -0.190. The molecule has 0 aromatic heterocycles. The molecule has 0 bridgehead atoms. The van der Waals surface area contributed by atoms with Crippen molar-refractivity contribution >= 4 is 46.7 Å². The molecule has 1 aliphatic heterocycles. The molecule has 0 unspecified atom stereocenters. The van der Waals surface area contributed by atoms with E-state index < -0.39 is 0 Å². The van der Waals surface area contributed by atoms with Gasteiger partial charge in [-0.15, -0.1) is 23.5 Å². The summed E-state index contributed by atoms with van der Waals surface area (Å²) >= 11 is 2.76. The fraction of sp³-hybridized carbons (Fsp3) is 0.286. The summed E-state index contributed by atoms with van der Waals surface area (Å²) in [4.78, 5) is 27.2. The highest BCUT2D eigenvalue weighted by molar-refractivity contribution is 8.00. The van der Waals surface area contributed by atoms with Crippen LogP contribution in [0.3, 0.4) is 0 Å². The fourth-order valence-electron chi connectivity index (χ4n) is 3.48. The number of carbonyl (C=O) groups excluding carboxylic acids is 2. The van der Waals surface area contributed by atoms with Crippen molar-refractivity contribution in [2.45, 2.75) is 9.79 Å².